The van der Waals surface area contributed by atoms with E-state index >= 15 is 0 Å². The van der Waals surface area contributed by atoms with Gasteiger partial charge in [0.1, 0.15) is 0 Å². The number of nitrogens with one attached hydrogen (secondary N) is 1. The van der Waals surface area contributed by atoms with E-state index in [-0.39, 0.29) is 11.8 Å². The fraction of sp³-hybridized carbons (Fsp3) is 0.800. The number of rotatable bonds is 5. The maximum Gasteiger partial charge on any atom is 0.305 e. The molecule has 0 heterocycles. The first-order chi connectivity index (χ1) is 6.72. The molecule has 0 aromatic carbocycles. The van der Waals surface area contributed by atoms with Crippen LogP contribution < -0.4 is 11.1 Å². The van der Waals surface area contributed by atoms with E-state index in [1.54, 1.807) is 0 Å². The molecule has 0 aliphatic carbocycles. The molecule has 0 rings (SSSR count). The maximum atomic E-state index is 11.3. The van der Waals surface area contributed by atoms with Crippen LogP contribution in [0.4, 0.5) is 0 Å². The van der Waals surface area contributed by atoms with Crippen molar-refractivity contribution in [3.05, 3.63) is 0 Å². The van der Waals surface area contributed by atoms with Gasteiger partial charge in [0, 0.05) is 6.54 Å². The molecule has 0 aliphatic heterocycles. The van der Waals surface area contributed by atoms with Crippen LogP contribution in [0.5, 0.6) is 0 Å². The lowest BCUT2D eigenvalue weighted by molar-refractivity contribution is -0.139. The Balaban J connectivity index is 3.79. The predicted octanol–water partition coefficient (Wildman–Crippen LogP) is 0.341. The van der Waals surface area contributed by atoms with E-state index < -0.39 is 17.9 Å². The quantitative estimate of drug-likeness (QED) is 0.618. The first kappa shape index (κ1) is 13.9. The molecule has 5 nitrogen and oxygen atoms in total. The number of hydrogen-bond donors (Lipinski definition) is 3. The summed E-state index contributed by atoms with van der Waals surface area (Å²) in [5.74, 6) is -1.46. The fourth-order valence-corrected chi connectivity index (χ4v) is 0.973. The summed E-state index contributed by atoms with van der Waals surface area (Å²) in [6.07, 6.45) is 0.500. The Bertz CT molecular complexity index is 233. The van der Waals surface area contributed by atoms with E-state index in [2.05, 4.69) is 26.1 Å². The molecule has 4 N–H and O–H groups in total. The summed E-state index contributed by atoms with van der Waals surface area (Å²) in [7, 11) is 0. The standard InChI is InChI=1S/C10H20N2O3/c1-10(2,3)4-5-12-9(15)7(11)6-8(13)14/h7H,4-6,11H2,1-3H3,(H,12,15)(H,13,14). The molecule has 0 saturated carbocycles. The molecular formula is C10H20N2O3. The van der Waals surface area contributed by atoms with Gasteiger partial charge in [-0.15, -0.1) is 0 Å². The van der Waals surface area contributed by atoms with Crippen molar-refractivity contribution in [2.45, 2.75) is 39.7 Å². The number of carbonyl (C=O) groups excluding carboxylic acids is 1. The minimum absolute atomic E-state index is 0.143. The molecule has 1 unspecified atom stereocenters. The third kappa shape index (κ3) is 7.93. The van der Waals surface area contributed by atoms with Crippen molar-refractivity contribution < 1.29 is 14.7 Å². The Hall–Kier alpha value is -1.10. The second kappa shape index (κ2) is 5.70. The van der Waals surface area contributed by atoms with Crippen molar-refractivity contribution in [2.24, 2.45) is 11.1 Å². The molecule has 0 aromatic rings. The molecule has 0 saturated heterocycles. The highest BCUT2D eigenvalue weighted by Crippen LogP contribution is 2.16. The van der Waals surface area contributed by atoms with Gasteiger partial charge in [-0.05, 0) is 11.8 Å². The van der Waals surface area contributed by atoms with Crippen LogP contribution in [0, 0.1) is 5.41 Å². The van der Waals surface area contributed by atoms with Crippen molar-refractivity contribution in [3.8, 4) is 0 Å². The van der Waals surface area contributed by atoms with Crippen LogP contribution in [0.25, 0.3) is 0 Å². The molecule has 15 heavy (non-hydrogen) atoms. The van der Waals surface area contributed by atoms with E-state index in [4.69, 9.17) is 10.8 Å². The van der Waals surface area contributed by atoms with Gasteiger partial charge in [0.25, 0.3) is 0 Å². The number of carbonyl (C=O) groups is 2. The maximum absolute atomic E-state index is 11.3. The first-order valence-corrected chi connectivity index (χ1v) is 4.97. The molecule has 0 bridgehead atoms. The Kier molecular flexibility index (Phi) is 5.28. The third-order valence-corrected chi connectivity index (χ3v) is 1.91. The van der Waals surface area contributed by atoms with Gasteiger partial charge in [-0.1, -0.05) is 20.8 Å². The number of aliphatic carboxylic acids is 1. The number of nitrogens with two attached hydrogens (primary N) is 1. The minimum Gasteiger partial charge on any atom is -0.481 e. The van der Waals surface area contributed by atoms with Crippen LogP contribution in [0.1, 0.15) is 33.6 Å². The summed E-state index contributed by atoms with van der Waals surface area (Å²) < 4.78 is 0. The summed E-state index contributed by atoms with van der Waals surface area (Å²) >= 11 is 0. The monoisotopic (exact) mass is 216 g/mol. The van der Waals surface area contributed by atoms with Crippen LogP contribution in [0.15, 0.2) is 0 Å². The number of carboxylic acid groups (broad SMARTS) is 1. The van der Waals surface area contributed by atoms with Crippen molar-refractivity contribution in [2.75, 3.05) is 6.54 Å². The second-order valence-electron chi connectivity index (χ2n) is 4.81. The second-order valence-corrected chi connectivity index (χ2v) is 4.81. The summed E-state index contributed by atoms with van der Waals surface area (Å²) in [4.78, 5) is 21.6. The fourth-order valence-electron chi connectivity index (χ4n) is 0.973. The minimum atomic E-state index is -1.06. The first-order valence-electron chi connectivity index (χ1n) is 4.97. The van der Waals surface area contributed by atoms with Gasteiger partial charge in [-0.3, -0.25) is 9.59 Å². The average Bonchev–Trinajstić information content (AvgIpc) is 2.00. The SMILES string of the molecule is CC(C)(C)CCNC(=O)C(N)CC(=O)O. The topological polar surface area (TPSA) is 92.4 Å². The van der Waals surface area contributed by atoms with Gasteiger partial charge in [0.15, 0.2) is 0 Å². The van der Waals surface area contributed by atoms with Crippen LogP contribution in [-0.2, 0) is 9.59 Å². The highest BCUT2D eigenvalue weighted by molar-refractivity contribution is 5.85. The molecule has 0 aromatic heterocycles. The zero-order valence-electron chi connectivity index (χ0n) is 9.54. The summed E-state index contributed by atoms with van der Waals surface area (Å²) in [5, 5.41) is 11.0. The molecule has 0 radical (unpaired) electrons. The molecule has 0 fully saturated rings. The lowest BCUT2D eigenvalue weighted by Gasteiger charge is -2.18. The zero-order chi connectivity index (χ0) is 12.1. The molecule has 0 spiro atoms. The van der Waals surface area contributed by atoms with E-state index in [0.29, 0.717) is 6.54 Å². The lowest BCUT2D eigenvalue weighted by atomic mass is 9.92. The van der Waals surface area contributed by atoms with Gasteiger partial charge in [-0.25, -0.2) is 0 Å². The highest BCUT2D eigenvalue weighted by Gasteiger charge is 2.17. The largest absolute Gasteiger partial charge is 0.481 e. The van der Waals surface area contributed by atoms with E-state index in [0.717, 1.165) is 6.42 Å². The van der Waals surface area contributed by atoms with E-state index in [1.165, 1.54) is 0 Å². The Labute approximate surface area is 90.0 Å². The van der Waals surface area contributed by atoms with E-state index in [1.807, 2.05) is 0 Å². The number of carboxylic acids is 1. The van der Waals surface area contributed by atoms with Gasteiger partial charge in [0.05, 0.1) is 12.5 Å². The van der Waals surface area contributed by atoms with Crippen molar-refractivity contribution in [3.63, 3.8) is 0 Å². The molecule has 5 heteroatoms. The normalized spacial score (nSPS) is 13.3. The van der Waals surface area contributed by atoms with Crippen molar-refractivity contribution in [1.82, 2.24) is 5.32 Å². The van der Waals surface area contributed by atoms with Crippen LogP contribution in [0.2, 0.25) is 0 Å². The van der Waals surface area contributed by atoms with Crippen LogP contribution >= 0.6 is 0 Å². The van der Waals surface area contributed by atoms with Crippen molar-refractivity contribution in [1.29, 1.82) is 0 Å². The van der Waals surface area contributed by atoms with Gasteiger partial charge >= 0.3 is 5.97 Å². The molecule has 88 valence electrons. The lowest BCUT2D eigenvalue weighted by Crippen LogP contribution is -2.42. The summed E-state index contributed by atoms with van der Waals surface area (Å²) in [6.45, 7) is 6.72. The van der Waals surface area contributed by atoms with Gasteiger partial charge in [0.2, 0.25) is 5.91 Å². The van der Waals surface area contributed by atoms with Crippen LogP contribution in [-0.4, -0.2) is 29.6 Å². The van der Waals surface area contributed by atoms with Gasteiger partial charge in [-0.2, -0.15) is 0 Å². The summed E-state index contributed by atoms with van der Waals surface area (Å²) in [5.41, 5.74) is 5.52. The van der Waals surface area contributed by atoms with E-state index in [9.17, 15) is 9.59 Å². The van der Waals surface area contributed by atoms with Crippen LogP contribution in [0.3, 0.4) is 0 Å². The molecular weight excluding hydrogens is 196 g/mol. The Morgan fingerprint density at radius 2 is 1.93 bits per heavy atom. The predicted molar refractivity (Wildman–Crippen MR) is 57.3 cm³/mol. The number of amides is 1. The smallest absolute Gasteiger partial charge is 0.305 e. The highest BCUT2D eigenvalue weighted by atomic mass is 16.4. The summed E-state index contributed by atoms with van der Waals surface area (Å²) in [6, 6.07) is -0.956. The third-order valence-electron chi connectivity index (χ3n) is 1.91. The number of hydrogen-bond acceptors (Lipinski definition) is 3. The Morgan fingerprint density at radius 3 is 2.33 bits per heavy atom. The molecule has 0 aliphatic rings. The Morgan fingerprint density at radius 1 is 1.40 bits per heavy atom. The molecule has 1 atom stereocenters. The molecule has 1 amide bonds. The van der Waals surface area contributed by atoms with Gasteiger partial charge < -0.3 is 16.2 Å². The van der Waals surface area contributed by atoms with Crippen molar-refractivity contribution >= 4 is 11.9 Å². The zero-order valence-corrected chi connectivity index (χ0v) is 9.54. The average molecular weight is 216 g/mol.